The van der Waals surface area contributed by atoms with Crippen LogP contribution in [0.2, 0.25) is 0 Å². The summed E-state index contributed by atoms with van der Waals surface area (Å²) in [5.41, 5.74) is 1.03. The van der Waals surface area contributed by atoms with Crippen LogP contribution in [0.4, 0.5) is 0 Å². The SMILES string of the molecule is CNCCNCCNC(=O)c1cc2c(C)nn(C3CCCCC3)c2s1. The van der Waals surface area contributed by atoms with Crippen molar-refractivity contribution < 1.29 is 4.79 Å². The summed E-state index contributed by atoms with van der Waals surface area (Å²) in [4.78, 5) is 14.4. The summed E-state index contributed by atoms with van der Waals surface area (Å²) in [6, 6.07) is 2.50. The first-order valence-corrected chi connectivity index (χ1v) is 10.1. The average Bonchev–Trinajstić information content (AvgIpc) is 3.19. The highest BCUT2D eigenvalue weighted by atomic mass is 32.1. The molecule has 1 amide bonds. The first kappa shape index (κ1) is 18.4. The maximum absolute atomic E-state index is 12.4. The molecular weight excluding hydrogens is 334 g/mol. The molecule has 0 spiro atoms. The summed E-state index contributed by atoms with van der Waals surface area (Å²) in [7, 11) is 1.93. The minimum atomic E-state index is 0.0196. The zero-order chi connectivity index (χ0) is 17.6. The van der Waals surface area contributed by atoms with Gasteiger partial charge in [0, 0.05) is 31.6 Å². The van der Waals surface area contributed by atoms with Gasteiger partial charge in [-0.3, -0.25) is 9.48 Å². The van der Waals surface area contributed by atoms with Crippen LogP contribution in [0.3, 0.4) is 0 Å². The number of likely N-dealkylation sites (N-methyl/N-ethyl adjacent to an activating group) is 1. The van der Waals surface area contributed by atoms with E-state index >= 15 is 0 Å². The molecule has 138 valence electrons. The number of rotatable bonds is 8. The van der Waals surface area contributed by atoms with Crippen LogP contribution in [0.5, 0.6) is 0 Å². The van der Waals surface area contributed by atoms with Gasteiger partial charge in [-0.25, -0.2) is 0 Å². The van der Waals surface area contributed by atoms with Crippen molar-refractivity contribution in [3.8, 4) is 0 Å². The number of carbonyl (C=O) groups excluding carboxylic acids is 1. The van der Waals surface area contributed by atoms with E-state index in [0.717, 1.165) is 40.4 Å². The van der Waals surface area contributed by atoms with E-state index in [1.807, 2.05) is 20.0 Å². The van der Waals surface area contributed by atoms with Crippen LogP contribution in [-0.4, -0.2) is 48.9 Å². The molecule has 1 saturated carbocycles. The molecule has 2 aromatic heterocycles. The van der Waals surface area contributed by atoms with Gasteiger partial charge in [0.2, 0.25) is 0 Å². The topological polar surface area (TPSA) is 71.0 Å². The van der Waals surface area contributed by atoms with Crippen molar-refractivity contribution in [2.75, 3.05) is 33.2 Å². The van der Waals surface area contributed by atoms with Crippen LogP contribution in [0.25, 0.3) is 10.2 Å². The quantitative estimate of drug-likeness (QED) is 0.630. The van der Waals surface area contributed by atoms with Crippen LogP contribution in [0.15, 0.2) is 6.07 Å². The highest BCUT2D eigenvalue weighted by Crippen LogP contribution is 2.35. The maximum atomic E-state index is 12.4. The van der Waals surface area contributed by atoms with E-state index in [1.165, 1.54) is 32.1 Å². The second-order valence-electron chi connectivity index (χ2n) is 6.76. The zero-order valence-corrected chi connectivity index (χ0v) is 16.0. The van der Waals surface area contributed by atoms with Gasteiger partial charge in [0.15, 0.2) is 0 Å². The molecule has 1 aliphatic rings. The molecule has 1 aliphatic carbocycles. The molecule has 0 saturated heterocycles. The fourth-order valence-corrected chi connectivity index (χ4v) is 4.60. The lowest BCUT2D eigenvalue weighted by Crippen LogP contribution is -2.34. The largest absolute Gasteiger partial charge is 0.350 e. The Kier molecular flexibility index (Phi) is 6.45. The van der Waals surface area contributed by atoms with Crippen LogP contribution in [0.1, 0.15) is 53.5 Å². The number of aryl methyl sites for hydroxylation is 1. The van der Waals surface area contributed by atoms with E-state index in [0.29, 0.717) is 12.6 Å². The molecule has 7 heteroatoms. The van der Waals surface area contributed by atoms with E-state index in [-0.39, 0.29) is 5.91 Å². The lowest BCUT2D eigenvalue weighted by atomic mass is 9.96. The Labute approximate surface area is 153 Å². The summed E-state index contributed by atoms with van der Waals surface area (Å²) in [6.07, 6.45) is 6.30. The van der Waals surface area contributed by atoms with Crippen molar-refractivity contribution >= 4 is 27.5 Å². The van der Waals surface area contributed by atoms with Gasteiger partial charge < -0.3 is 16.0 Å². The van der Waals surface area contributed by atoms with E-state index in [4.69, 9.17) is 5.10 Å². The third kappa shape index (κ3) is 4.40. The molecule has 0 aliphatic heterocycles. The van der Waals surface area contributed by atoms with Crippen LogP contribution in [0, 0.1) is 6.92 Å². The van der Waals surface area contributed by atoms with Crippen molar-refractivity contribution in [3.05, 3.63) is 16.6 Å². The summed E-state index contributed by atoms with van der Waals surface area (Å²) >= 11 is 1.58. The predicted octanol–water partition coefficient (Wildman–Crippen LogP) is 2.45. The number of aromatic nitrogens is 2. The van der Waals surface area contributed by atoms with E-state index in [9.17, 15) is 4.79 Å². The average molecular weight is 364 g/mol. The number of nitrogens with one attached hydrogen (secondary N) is 3. The lowest BCUT2D eigenvalue weighted by Gasteiger charge is -2.22. The fraction of sp³-hybridized carbons (Fsp3) is 0.667. The molecule has 2 aromatic rings. The molecule has 3 N–H and O–H groups in total. The summed E-state index contributed by atoms with van der Waals surface area (Å²) in [5, 5.41) is 15.3. The number of amides is 1. The van der Waals surface area contributed by atoms with Crippen molar-refractivity contribution in [2.24, 2.45) is 0 Å². The van der Waals surface area contributed by atoms with Crippen LogP contribution in [-0.2, 0) is 0 Å². The van der Waals surface area contributed by atoms with Gasteiger partial charge in [-0.05, 0) is 32.9 Å². The Balaban J connectivity index is 1.63. The molecule has 0 unspecified atom stereocenters. The predicted molar refractivity (Wildman–Crippen MR) is 104 cm³/mol. The minimum Gasteiger partial charge on any atom is -0.350 e. The van der Waals surface area contributed by atoms with Gasteiger partial charge in [-0.2, -0.15) is 5.10 Å². The molecule has 6 nitrogen and oxygen atoms in total. The molecule has 0 bridgehead atoms. The van der Waals surface area contributed by atoms with Crippen LogP contribution < -0.4 is 16.0 Å². The Morgan fingerprint density at radius 1 is 1.24 bits per heavy atom. The third-order valence-corrected chi connectivity index (χ3v) is 5.98. The number of carbonyl (C=O) groups is 1. The normalized spacial score (nSPS) is 15.8. The molecule has 3 rings (SSSR count). The standard InChI is InChI=1S/C18H29N5OS/c1-13-15-12-16(17(24)21-11-10-20-9-8-19-2)25-18(15)23(22-13)14-6-4-3-5-7-14/h12,14,19-20H,3-11H2,1-2H3,(H,21,24). The number of nitrogens with zero attached hydrogens (tertiary/aromatic N) is 2. The van der Waals surface area contributed by atoms with Gasteiger partial charge in [0.25, 0.3) is 5.91 Å². The Morgan fingerprint density at radius 3 is 2.76 bits per heavy atom. The van der Waals surface area contributed by atoms with Gasteiger partial charge in [-0.1, -0.05) is 19.3 Å². The zero-order valence-electron chi connectivity index (χ0n) is 15.2. The van der Waals surface area contributed by atoms with E-state index in [2.05, 4.69) is 20.6 Å². The number of thiophene rings is 1. The van der Waals surface area contributed by atoms with Gasteiger partial charge in [0.1, 0.15) is 4.83 Å². The Hall–Kier alpha value is -1.44. The summed E-state index contributed by atoms with van der Waals surface area (Å²) < 4.78 is 2.19. The van der Waals surface area contributed by atoms with Crippen molar-refractivity contribution in [2.45, 2.75) is 45.1 Å². The number of hydrogen-bond donors (Lipinski definition) is 3. The highest BCUT2D eigenvalue weighted by Gasteiger charge is 2.22. The molecule has 0 atom stereocenters. The van der Waals surface area contributed by atoms with E-state index in [1.54, 1.807) is 11.3 Å². The molecular formula is C18H29N5OS. The second kappa shape index (κ2) is 8.78. The van der Waals surface area contributed by atoms with Crippen molar-refractivity contribution in [1.29, 1.82) is 0 Å². The molecule has 0 aromatic carbocycles. The number of fused-ring (bicyclic) bond motifs is 1. The number of hydrogen-bond acceptors (Lipinski definition) is 5. The fourth-order valence-electron chi connectivity index (χ4n) is 3.45. The highest BCUT2D eigenvalue weighted by molar-refractivity contribution is 7.20. The second-order valence-corrected chi connectivity index (χ2v) is 7.79. The van der Waals surface area contributed by atoms with Crippen molar-refractivity contribution in [3.63, 3.8) is 0 Å². The van der Waals surface area contributed by atoms with Crippen LogP contribution >= 0.6 is 11.3 Å². The Bertz CT molecular complexity index is 702. The summed E-state index contributed by atoms with van der Waals surface area (Å²) in [5.74, 6) is 0.0196. The Morgan fingerprint density at radius 2 is 2.00 bits per heavy atom. The van der Waals surface area contributed by atoms with Gasteiger partial charge in [-0.15, -0.1) is 11.3 Å². The third-order valence-electron chi connectivity index (χ3n) is 4.85. The first-order valence-electron chi connectivity index (χ1n) is 9.33. The van der Waals surface area contributed by atoms with Crippen molar-refractivity contribution in [1.82, 2.24) is 25.7 Å². The molecule has 0 radical (unpaired) electrons. The molecule has 25 heavy (non-hydrogen) atoms. The van der Waals surface area contributed by atoms with E-state index < -0.39 is 0 Å². The first-order chi connectivity index (χ1) is 12.2. The lowest BCUT2D eigenvalue weighted by molar-refractivity contribution is 0.0958. The minimum absolute atomic E-state index is 0.0196. The monoisotopic (exact) mass is 363 g/mol. The molecule has 1 fully saturated rings. The maximum Gasteiger partial charge on any atom is 0.261 e. The van der Waals surface area contributed by atoms with Gasteiger partial charge in [0.05, 0.1) is 16.6 Å². The summed E-state index contributed by atoms with van der Waals surface area (Å²) in [6.45, 7) is 5.31. The molecule has 2 heterocycles. The van der Waals surface area contributed by atoms with Gasteiger partial charge >= 0.3 is 0 Å². The smallest absolute Gasteiger partial charge is 0.261 e.